The molecule has 1 N–H and O–H groups in total. The molecule has 3 atom stereocenters. The van der Waals surface area contributed by atoms with Gasteiger partial charge in [-0.25, -0.2) is 4.79 Å². The summed E-state index contributed by atoms with van der Waals surface area (Å²) in [4.78, 5) is 17.0. The highest BCUT2D eigenvalue weighted by Gasteiger charge is 2.33. The number of carbonyl (C=O) groups is 1. The fourth-order valence-electron chi connectivity index (χ4n) is 3.91. The molecule has 1 aromatic rings. The number of benzene rings is 1. The maximum absolute atomic E-state index is 12.6. The lowest BCUT2D eigenvalue weighted by Gasteiger charge is -2.23. The second-order valence-electron chi connectivity index (χ2n) is 7.47. The summed E-state index contributed by atoms with van der Waals surface area (Å²) >= 11 is 0. The van der Waals surface area contributed by atoms with E-state index in [1.165, 1.54) is 5.56 Å². The smallest absolute Gasteiger partial charge is 0.317 e. The number of rotatable bonds is 6. The Morgan fingerprint density at radius 3 is 2.80 bits per heavy atom. The van der Waals surface area contributed by atoms with Gasteiger partial charge in [-0.2, -0.15) is 0 Å². The van der Waals surface area contributed by atoms with Crippen LogP contribution in [0.2, 0.25) is 0 Å². The summed E-state index contributed by atoms with van der Waals surface area (Å²) in [6, 6.07) is 10.9. The van der Waals surface area contributed by atoms with Gasteiger partial charge in [-0.05, 0) is 24.8 Å². The SMILES string of the molecule is CCOC[C@@H]1CCN(C(=O)N[C@@H]2CN(Cc3ccccc3)C[C@@H]2C)C1. The van der Waals surface area contributed by atoms with E-state index >= 15 is 0 Å². The molecule has 5 nitrogen and oxygen atoms in total. The molecule has 2 aliphatic rings. The highest BCUT2D eigenvalue weighted by Crippen LogP contribution is 2.21. The van der Waals surface area contributed by atoms with Crippen LogP contribution >= 0.6 is 0 Å². The van der Waals surface area contributed by atoms with Gasteiger partial charge in [0.2, 0.25) is 0 Å². The van der Waals surface area contributed by atoms with Crippen LogP contribution in [-0.2, 0) is 11.3 Å². The molecule has 0 unspecified atom stereocenters. The first kappa shape index (κ1) is 18.2. The van der Waals surface area contributed by atoms with E-state index < -0.39 is 0 Å². The minimum absolute atomic E-state index is 0.0948. The van der Waals surface area contributed by atoms with Crippen molar-refractivity contribution in [3.63, 3.8) is 0 Å². The molecule has 0 aromatic heterocycles. The summed E-state index contributed by atoms with van der Waals surface area (Å²) in [5, 5.41) is 3.27. The molecule has 0 radical (unpaired) electrons. The lowest BCUT2D eigenvalue weighted by Crippen LogP contribution is -2.46. The van der Waals surface area contributed by atoms with Crippen molar-refractivity contribution in [3.05, 3.63) is 35.9 Å². The Bertz CT molecular complexity index is 551. The molecule has 2 aliphatic heterocycles. The van der Waals surface area contributed by atoms with Gasteiger partial charge in [0.25, 0.3) is 0 Å². The first-order chi connectivity index (χ1) is 12.2. The third-order valence-corrected chi connectivity index (χ3v) is 5.38. The third kappa shape index (κ3) is 4.95. The second-order valence-corrected chi connectivity index (χ2v) is 7.47. The normalized spacial score (nSPS) is 27.0. The van der Waals surface area contributed by atoms with Crippen LogP contribution in [-0.4, -0.2) is 61.3 Å². The van der Waals surface area contributed by atoms with Gasteiger partial charge in [0.05, 0.1) is 6.61 Å². The van der Waals surface area contributed by atoms with Crippen molar-refractivity contribution >= 4 is 6.03 Å². The Hall–Kier alpha value is -1.59. The molecule has 5 heteroatoms. The number of amides is 2. The molecule has 138 valence electrons. The Kier molecular flexibility index (Phi) is 6.32. The summed E-state index contributed by atoms with van der Waals surface area (Å²) in [7, 11) is 0. The number of urea groups is 1. The van der Waals surface area contributed by atoms with Crippen LogP contribution in [0.4, 0.5) is 4.79 Å². The maximum Gasteiger partial charge on any atom is 0.317 e. The summed E-state index contributed by atoms with van der Waals surface area (Å²) in [6.45, 7) is 10.4. The molecule has 0 aliphatic carbocycles. The molecule has 0 saturated carbocycles. The van der Waals surface area contributed by atoms with Crippen LogP contribution in [0.1, 0.15) is 25.8 Å². The van der Waals surface area contributed by atoms with Gasteiger partial charge in [0.15, 0.2) is 0 Å². The maximum atomic E-state index is 12.6. The van der Waals surface area contributed by atoms with Gasteiger partial charge in [-0.3, -0.25) is 4.90 Å². The summed E-state index contributed by atoms with van der Waals surface area (Å²) in [5.74, 6) is 0.968. The van der Waals surface area contributed by atoms with Crippen LogP contribution in [0, 0.1) is 11.8 Å². The Labute approximate surface area is 151 Å². The van der Waals surface area contributed by atoms with E-state index in [1.807, 2.05) is 17.9 Å². The average Bonchev–Trinajstić information content (AvgIpc) is 3.21. The zero-order valence-corrected chi connectivity index (χ0v) is 15.5. The van der Waals surface area contributed by atoms with E-state index in [0.717, 1.165) is 52.4 Å². The average molecular weight is 345 g/mol. The van der Waals surface area contributed by atoms with Crippen molar-refractivity contribution in [3.8, 4) is 0 Å². The van der Waals surface area contributed by atoms with E-state index in [-0.39, 0.29) is 12.1 Å². The standard InChI is InChI=1S/C20H31N3O2/c1-3-25-15-18-9-10-23(13-18)20(24)21-19-14-22(11-16(19)2)12-17-7-5-4-6-8-17/h4-8,16,18-19H,3,9-15H2,1-2H3,(H,21,24)/t16-,18+,19+/m0/s1. The van der Waals surface area contributed by atoms with E-state index in [9.17, 15) is 4.79 Å². The molecular formula is C20H31N3O2. The number of ether oxygens (including phenoxy) is 1. The van der Waals surface area contributed by atoms with Crippen molar-refractivity contribution in [2.75, 3.05) is 39.4 Å². The quantitative estimate of drug-likeness (QED) is 0.862. The van der Waals surface area contributed by atoms with Gasteiger partial charge in [-0.15, -0.1) is 0 Å². The number of hydrogen-bond donors (Lipinski definition) is 1. The fraction of sp³-hybridized carbons (Fsp3) is 0.650. The van der Waals surface area contributed by atoms with Crippen LogP contribution in [0.3, 0.4) is 0 Å². The van der Waals surface area contributed by atoms with Gasteiger partial charge in [0, 0.05) is 51.3 Å². The molecule has 0 bridgehead atoms. The predicted molar refractivity (Wildman–Crippen MR) is 99.4 cm³/mol. The van der Waals surface area contributed by atoms with E-state index in [0.29, 0.717) is 11.8 Å². The molecule has 1 aromatic carbocycles. The predicted octanol–water partition coefficient (Wildman–Crippen LogP) is 2.57. The van der Waals surface area contributed by atoms with Crippen LogP contribution in [0.25, 0.3) is 0 Å². The minimum atomic E-state index is 0.0948. The summed E-state index contributed by atoms with van der Waals surface area (Å²) in [6.07, 6.45) is 1.05. The van der Waals surface area contributed by atoms with E-state index in [2.05, 4.69) is 41.4 Å². The fourth-order valence-corrected chi connectivity index (χ4v) is 3.91. The third-order valence-electron chi connectivity index (χ3n) is 5.38. The molecule has 0 spiro atoms. The lowest BCUT2D eigenvalue weighted by atomic mass is 10.1. The topological polar surface area (TPSA) is 44.8 Å². The van der Waals surface area contributed by atoms with Crippen molar-refractivity contribution in [2.24, 2.45) is 11.8 Å². The Morgan fingerprint density at radius 1 is 1.24 bits per heavy atom. The molecule has 3 rings (SSSR count). The monoisotopic (exact) mass is 345 g/mol. The molecule has 2 saturated heterocycles. The molecular weight excluding hydrogens is 314 g/mol. The van der Waals surface area contributed by atoms with Crippen molar-refractivity contribution in [2.45, 2.75) is 32.9 Å². The first-order valence-electron chi connectivity index (χ1n) is 9.55. The Balaban J connectivity index is 1.45. The van der Waals surface area contributed by atoms with Gasteiger partial charge < -0.3 is 15.0 Å². The molecule has 2 heterocycles. The molecule has 25 heavy (non-hydrogen) atoms. The highest BCUT2D eigenvalue weighted by atomic mass is 16.5. The van der Waals surface area contributed by atoms with Gasteiger partial charge in [0.1, 0.15) is 0 Å². The van der Waals surface area contributed by atoms with Crippen molar-refractivity contribution in [1.29, 1.82) is 0 Å². The highest BCUT2D eigenvalue weighted by molar-refractivity contribution is 5.75. The first-order valence-corrected chi connectivity index (χ1v) is 9.55. The number of nitrogens with zero attached hydrogens (tertiary/aromatic N) is 2. The van der Waals surface area contributed by atoms with E-state index in [4.69, 9.17) is 4.74 Å². The van der Waals surface area contributed by atoms with Gasteiger partial charge in [-0.1, -0.05) is 37.3 Å². The van der Waals surface area contributed by atoms with Crippen molar-refractivity contribution in [1.82, 2.24) is 15.1 Å². The zero-order chi connectivity index (χ0) is 17.6. The number of carbonyl (C=O) groups excluding carboxylic acids is 1. The van der Waals surface area contributed by atoms with Crippen LogP contribution in [0.5, 0.6) is 0 Å². The molecule has 2 fully saturated rings. The minimum Gasteiger partial charge on any atom is -0.381 e. The zero-order valence-electron chi connectivity index (χ0n) is 15.5. The summed E-state index contributed by atoms with van der Waals surface area (Å²) in [5.41, 5.74) is 1.33. The number of nitrogens with one attached hydrogen (secondary N) is 1. The number of hydrogen-bond acceptors (Lipinski definition) is 3. The van der Waals surface area contributed by atoms with Crippen molar-refractivity contribution < 1.29 is 9.53 Å². The largest absolute Gasteiger partial charge is 0.381 e. The van der Waals surface area contributed by atoms with Crippen LogP contribution < -0.4 is 5.32 Å². The van der Waals surface area contributed by atoms with Crippen LogP contribution in [0.15, 0.2) is 30.3 Å². The van der Waals surface area contributed by atoms with E-state index in [1.54, 1.807) is 0 Å². The second kappa shape index (κ2) is 8.68. The summed E-state index contributed by atoms with van der Waals surface area (Å²) < 4.78 is 5.50. The number of likely N-dealkylation sites (tertiary alicyclic amines) is 2. The molecule has 2 amide bonds. The lowest BCUT2D eigenvalue weighted by molar-refractivity contribution is 0.113. The Morgan fingerprint density at radius 2 is 2.04 bits per heavy atom. The van der Waals surface area contributed by atoms with Gasteiger partial charge >= 0.3 is 6.03 Å².